The van der Waals surface area contributed by atoms with E-state index in [9.17, 15) is 4.79 Å². The molecule has 0 amide bonds. The van der Waals surface area contributed by atoms with Gasteiger partial charge in [0.25, 0.3) is 0 Å². The smallest absolute Gasteiger partial charge is 0.332 e. The number of carboxylic acid groups (broad SMARTS) is 1. The zero-order valence-corrected chi connectivity index (χ0v) is 8.84. The quantitative estimate of drug-likeness (QED) is 0.532. The van der Waals surface area contributed by atoms with Gasteiger partial charge in [-0.25, -0.2) is 4.79 Å². The average molecular weight is 201 g/mol. The molecule has 0 aromatic heterocycles. The Bertz CT molecular complexity index is 215. The number of hydrogen-bond donors (Lipinski definition) is 3. The largest absolute Gasteiger partial charge is 0.478 e. The fourth-order valence-corrected chi connectivity index (χ4v) is 1.03. The maximum absolute atomic E-state index is 10.5. The van der Waals surface area contributed by atoms with Gasteiger partial charge in [0.1, 0.15) is 0 Å². The summed E-state index contributed by atoms with van der Waals surface area (Å²) >= 11 is 0. The van der Waals surface area contributed by atoms with Crippen LogP contribution in [0.15, 0.2) is 12.2 Å². The van der Waals surface area contributed by atoms with E-state index < -0.39 is 5.97 Å². The van der Waals surface area contributed by atoms with Crippen LogP contribution >= 0.6 is 0 Å². The number of rotatable bonds is 7. The van der Waals surface area contributed by atoms with Gasteiger partial charge in [-0.1, -0.05) is 13.5 Å². The van der Waals surface area contributed by atoms with Crippen molar-refractivity contribution in [1.82, 2.24) is 5.32 Å². The normalized spacial score (nSPS) is 14.8. The Balaban J connectivity index is 4.07. The first-order chi connectivity index (χ1) is 6.45. The van der Waals surface area contributed by atoms with Crippen LogP contribution in [-0.4, -0.2) is 34.9 Å². The SMILES string of the molecule is C=C(CNC(C)(CC)CCO)C(=O)O. The van der Waals surface area contributed by atoms with Crippen molar-refractivity contribution in [2.45, 2.75) is 32.2 Å². The van der Waals surface area contributed by atoms with E-state index in [0.29, 0.717) is 6.42 Å². The van der Waals surface area contributed by atoms with Crippen molar-refractivity contribution in [2.75, 3.05) is 13.2 Å². The molecule has 0 spiro atoms. The van der Waals surface area contributed by atoms with E-state index in [0.717, 1.165) is 6.42 Å². The Hall–Kier alpha value is -0.870. The minimum absolute atomic E-state index is 0.0941. The maximum atomic E-state index is 10.5. The third-order valence-corrected chi connectivity index (χ3v) is 2.47. The molecule has 0 aliphatic carbocycles. The van der Waals surface area contributed by atoms with Crippen LogP contribution in [0.1, 0.15) is 26.7 Å². The van der Waals surface area contributed by atoms with Gasteiger partial charge in [0.05, 0.1) is 0 Å². The summed E-state index contributed by atoms with van der Waals surface area (Å²) in [5.41, 5.74) is -0.0738. The standard InChI is InChI=1S/C10H19NO3/c1-4-10(3,5-6-12)11-7-8(2)9(13)14/h11-12H,2,4-7H2,1,3H3,(H,13,14). The fourth-order valence-electron chi connectivity index (χ4n) is 1.03. The third kappa shape index (κ3) is 4.39. The van der Waals surface area contributed by atoms with Crippen LogP contribution in [0.25, 0.3) is 0 Å². The van der Waals surface area contributed by atoms with Crippen LogP contribution in [0.3, 0.4) is 0 Å². The van der Waals surface area contributed by atoms with E-state index in [4.69, 9.17) is 10.2 Å². The molecule has 0 aliphatic heterocycles. The van der Waals surface area contributed by atoms with Gasteiger partial charge in [-0.2, -0.15) is 0 Å². The van der Waals surface area contributed by atoms with Gasteiger partial charge in [-0.3, -0.25) is 0 Å². The Morgan fingerprint density at radius 3 is 2.50 bits per heavy atom. The zero-order chi connectivity index (χ0) is 11.2. The zero-order valence-electron chi connectivity index (χ0n) is 8.84. The molecular formula is C10H19NO3. The fraction of sp³-hybridized carbons (Fsp3) is 0.700. The first-order valence-electron chi connectivity index (χ1n) is 4.72. The first kappa shape index (κ1) is 13.1. The predicted octanol–water partition coefficient (Wildman–Crippen LogP) is 0.768. The van der Waals surface area contributed by atoms with Crippen molar-refractivity contribution >= 4 is 5.97 Å². The molecule has 0 saturated carbocycles. The van der Waals surface area contributed by atoms with Crippen LogP contribution in [0.4, 0.5) is 0 Å². The van der Waals surface area contributed by atoms with Crippen LogP contribution in [0.5, 0.6) is 0 Å². The highest BCUT2D eigenvalue weighted by Crippen LogP contribution is 2.13. The highest BCUT2D eigenvalue weighted by atomic mass is 16.4. The van der Waals surface area contributed by atoms with Gasteiger partial charge < -0.3 is 15.5 Å². The molecule has 1 atom stereocenters. The highest BCUT2D eigenvalue weighted by Gasteiger charge is 2.21. The predicted molar refractivity (Wildman–Crippen MR) is 55.2 cm³/mol. The molecule has 0 aliphatic rings. The molecule has 82 valence electrons. The second kappa shape index (κ2) is 5.78. The average Bonchev–Trinajstić information content (AvgIpc) is 2.14. The van der Waals surface area contributed by atoms with Crippen molar-refractivity contribution in [1.29, 1.82) is 0 Å². The van der Waals surface area contributed by atoms with E-state index in [1.165, 1.54) is 0 Å². The molecule has 0 aromatic rings. The van der Waals surface area contributed by atoms with Crippen LogP contribution in [-0.2, 0) is 4.79 Å². The Morgan fingerprint density at radius 1 is 1.57 bits per heavy atom. The van der Waals surface area contributed by atoms with E-state index in [1.807, 2.05) is 13.8 Å². The number of nitrogens with one attached hydrogen (secondary N) is 1. The molecule has 3 N–H and O–H groups in total. The Labute approximate surface area is 84.6 Å². The number of carbonyl (C=O) groups is 1. The van der Waals surface area contributed by atoms with Crippen LogP contribution in [0, 0.1) is 0 Å². The molecule has 4 nitrogen and oxygen atoms in total. The summed E-state index contributed by atoms with van der Waals surface area (Å²) in [4.78, 5) is 10.5. The number of aliphatic hydroxyl groups excluding tert-OH is 1. The highest BCUT2D eigenvalue weighted by molar-refractivity contribution is 5.86. The lowest BCUT2D eigenvalue weighted by molar-refractivity contribution is -0.132. The van der Waals surface area contributed by atoms with Crippen LogP contribution in [0.2, 0.25) is 0 Å². The molecule has 14 heavy (non-hydrogen) atoms. The van der Waals surface area contributed by atoms with Crippen molar-refractivity contribution in [3.8, 4) is 0 Å². The second-order valence-corrected chi connectivity index (χ2v) is 3.65. The lowest BCUT2D eigenvalue weighted by Crippen LogP contribution is -2.44. The number of hydrogen-bond acceptors (Lipinski definition) is 3. The summed E-state index contributed by atoms with van der Waals surface area (Å²) in [7, 11) is 0. The molecule has 0 saturated heterocycles. The molecule has 0 rings (SSSR count). The van der Waals surface area contributed by atoms with Gasteiger partial charge in [-0.15, -0.1) is 0 Å². The summed E-state index contributed by atoms with van der Waals surface area (Å²) in [6.07, 6.45) is 1.44. The number of aliphatic carboxylic acids is 1. The molecule has 1 unspecified atom stereocenters. The van der Waals surface area contributed by atoms with Crippen LogP contribution < -0.4 is 5.32 Å². The topological polar surface area (TPSA) is 69.6 Å². The minimum Gasteiger partial charge on any atom is -0.478 e. The molecule has 0 fully saturated rings. The number of carboxylic acids is 1. The number of aliphatic hydroxyl groups is 1. The van der Waals surface area contributed by atoms with Gasteiger partial charge in [0.15, 0.2) is 0 Å². The first-order valence-corrected chi connectivity index (χ1v) is 4.72. The molecular weight excluding hydrogens is 182 g/mol. The lowest BCUT2D eigenvalue weighted by atomic mass is 9.94. The molecule has 0 bridgehead atoms. The summed E-state index contributed by atoms with van der Waals surface area (Å²) in [6.45, 7) is 7.72. The van der Waals surface area contributed by atoms with Gasteiger partial charge in [0.2, 0.25) is 0 Å². The van der Waals surface area contributed by atoms with Crippen molar-refractivity contribution in [3.05, 3.63) is 12.2 Å². The van der Waals surface area contributed by atoms with E-state index in [-0.39, 0.29) is 24.3 Å². The molecule has 0 radical (unpaired) electrons. The second-order valence-electron chi connectivity index (χ2n) is 3.65. The van der Waals surface area contributed by atoms with Crippen molar-refractivity contribution in [2.24, 2.45) is 0 Å². The summed E-state index contributed by atoms with van der Waals surface area (Å²) in [5, 5.41) is 20.5. The molecule has 0 heterocycles. The third-order valence-electron chi connectivity index (χ3n) is 2.47. The van der Waals surface area contributed by atoms with Crippen molar-refractivity contribution < 1.29 is 15.0 Å². The van der Waals surface area contributed by atoms with E-state index >= 15 is 0 Å². The van der Waals surface area contributed by atoms with Gasteiger partial charge >= 0.3 is 5.97 Å². The lowest BCUT2D eigenvalue weighted by Gasteiger charge is -2.29. The summed E-state index contributed by atoms with van der Waals surface area (Å²) in [5.74, 6) is -0.986. The molecule has 0 aromatic carbocycles. The summed E-state index contributed by atoms with van der Waals surface area (Å²) in [6, 6.07) is 0. The maximum Gasteiger partial charge on any atom is 0.332 e. The van der Waals surface area contributed by atoms with Crippen molar-refractivity contribution in [3.63, 3.8) is 0 Å². The Morgan fingerprint density at radius 2 is 2.14 bits per heavy atom. The Kier molecular flexibility index (Phi) is 5.42. The van der Waals surface area contributed by atoms with E-state index in [1.54, 1.807) is 0 Å². The molecule has 4 heteroatoms. The van der Waals surface area contributed by atoms with Gasteiger partial charge in [-0.05, 0) is 19.8 Å². The van der Waals surface area contributed by atoms with Gasteiger partial charge in [0, 0.05) is 24.3 Å². The minimum atomic E-state index is -0.986. The monoisotopic (exact) mass is 201 g/mol. The summed E-state index contributed by atoms with van der Waals surface area (Å²) < 4.78 is 0. The van der Waals surface area contributed by atoms with E-state index in [2.05, 4.69) is 11.9 Å².